The summed E-state index contributed by atoms with van der Waals surface area (Å²) in [5.74, 6) is 0. The predicted molar refractivity (Wildman–Crippen MR) is 72.9 cm³/mol. The highest BCUT2D eigenvalue weighted by atomic mass is 35.5. The minimum atomic E-state index is 0.535. The van der Waals surface area contributed by atoms with Crippen LogP contribution in [-0.2, 0) is 0 Å². The molecule has 0 bridgehead atoms. The minimum Gasteiger partial charge on any atom is -0.237 e. The minimum absolute atomic E-state index is 0.535. The predicted octanol–water partition coefficient (Wildman–Crippen LogP) is 4.77. The van der Waals surface area contributed by atoms with Crippen LogP contribution in [0.25, 0.3) is 0 Å². The first-order valence-corrected chi connectivity index (χ1v) is 5.96. The highest BCUT2D eigenvalue weighted by Crippen LogP contribution is 2.15. The molecule has 0 spiro atoms. The molecule has 1 aliphatic rings. The SMILES string of the molecule is CCC1=CCC=CC(/N=C(/Cl)C=C(C)C)=C1. The smallest absolute Gasteiger partial charge is 0.129 e. The van der Waals surface area contributed by atoms with Crippen LogP contribution in [0.2, 0.25) is 0 Å². The molecular weight excluding hydrogens is 218 g/mol. The van der Waals surface area contributed by atoms with Gasteiger partial charge in [-0.25, -0.2) is 4.99 Å². The van der Waals surface area contributed by atoms with E-state index in [9.17, 15) is 0 Å². The average molecular weight is 236 g/mol. The third-order valence-electron chi connectivity index (χ3n) is 2.19. The lowest BCUT2D eigenvalue weighted by Crippen LogP contribution is -1.84. The monoisotopic (exact) mass is 235 g/mol. The van der Waals surface area contributed by atoms with Gasteiger partial charge in [0.05, 0.1) is 5.70 Å². The van der Waals surface area contributed by atoms with E-state index in [4.69, 9.17) is 11.6 Å². The Labute approximate surface area is 103 Å². The topological polar surface area (TPSA) is 12.4 Å². The Morgan fingerprint density at radius 1 is 1.50 bits per heavy atom. The van der Waals surface area contributed by atoms with Crippen LogP contribution in [0.15, 0.2) is 52.2 Å². The summed E-state index contributed by atoms with van der Waals surface area (Å²) in [4.78, 5) is 4.37. The molecule has 0 amide bonds. The van der Waals surface area contributed by atoms with E-state index in [-0.39, 0.29) is 0 Å². The second-order valence-electron chi connectivity index (χ2n) is 4.00. The van der Waals surface area contributed by atoms with Gasteiger partial charge in [0.15, 0.2) is 0 Å². The molecule has 16 heavy (non-hydrogen) atoms. The summed E-state index contributed by atoms with van der Waals surface area (Å²) in [6, 6.07) is 0. The molecule has 0 heterocycles. The largest absolute Gasteiger partial charge is 0.237 e. The van der Waals surface area contributed by atoms with Crippen molar-refractivity contribution in [2.75, 3.05) is 0 Å². The molecule has 0 N–H and O–H groups in total. The number of hydrogen-bond donors (Lipinski definition) is 0. The highest BCUT2D eigenvalue weighted by Gasteiger charge is 1.98. The average Bonchev–Trinajstić information content (AvgIpc) is 2.41. The fourth-order valence-electron chi connectivity index (χ4n) is 1.41. The summed E-state index contributed by atoms with van der Waals surface area (Å²) in [5, 5.41) is 0.535. The van der Waals surface area contributed by atoms with E-state index in [2.05, 4.69) is 30.1 Å². The second kappa shape index (κ2) is 6.49. The Bertz CT molecular complexity index is 391. The first-order chi connectivity index (χ1) is 7.61. The van der Waals surface area contributed by atoms with Gasteiger partial charge < -0.3 is 0 Å². The van der Waals surface area contributed by atoms with Gasteiger partial charge in [0.1, 0.15) is 5.17 Å². The van der Waals surface area contributed by atoms with E-state index >= 15 is 0 Å². The van der Waals surface area contributed by atoms with Crippen molar-refractivity contribution in [2.24, 2.45) is 4.99 Å². The molecule has 0 aliphatic heterocycles. The van der Waals surface area contributed by atoms with E-state index in [0.29, 0.717) is 5.17 Å². The highest BCUT2D eigenvalue weighted by molar-refractivity contribution is 6.68. The molecule has 0 fully saturated rings. The van der Waals surface area contributed by atoms with Gasteiger partial charge in [-0.1, -0.05) is 36.2 Å². The number of rotatable bonds is 3. The lowest BCUT2D eigenvalue weighted by molar-refractivity contribution is 1.12. The van der Waals surface area contributed by atoms with E-state index in [1.54, 1.807) is 0 Å². The zero-order valence-electron chi connectivity index (χ0n) is 10.1. The molecule has 1 aliphatic carbocycles. The van der Waals surface area contributed by atoms with Gasteiger partial charge in [0, 0.05) is 0 Å². The van der Waals surface area contributed by atoms with Crippen molar-refractivity contribution in [1.29, 1.82) is 0 Å². The maximum Gasteiger partial charge on any atom is 0.129 e. The first-order valence-electron chi connectivity index (χ1n) is 5.58. The van der Waals surface area contributed by atoms with Crippen LogP contribution >= 0.6 is 11.6 Å². The molecule has 0 aromatic rings. The van der Waals surface area contributed by atoms with E-state index in [1.165, 1.54) is 5.57 Å². The lowest BCUT2D eigenvalue weighted by Gasteiger charge is -1.97. The van der Waals surface area contributed by atoms with Crippen molar-refractivity contribution in [2.45, 2.75) is 33.6 Å². The van der Waals surface area contributed by atoms with Gasteiger partial charge in [-0.05, 0) is 50.5 Å². The van der Waals surface area contributed by atoms with Crippen molar-refractivity contribution >= 4 is 16.8 Å². The van der Waals surface area contributed by atoms with Crippen molar-refractivity contribution in [3.8, 4) is 0 Å². The van der Waals surface area contributed by atoms with E-state index < -0.39 is 0 Å². The van der Waals surface area contributed by atoms with Crippen molar-refractivity contribution in [3.63, 3.8) is 0 Å². The number of halogens is 1. The third-order valence-corrected chi connectivity index (χ3v) is 2.38. The van der Waals surface area contributed by atoms with Crippen LogP contribution in [0.3, 0.4) is 0 Å². The maximum atomic E-state index is 6.03. The molecule has 2 heteroatoms. The van der Waals surface area contributed by atoms with Crippen molar-refractivity contribution < 1.29 is 0 Å². The summed E-state index contributed by atoms with van der Waals surface area (Å²) in [5.41, 5.74) is 3.39. The van der Waals surface area contributed by atoms with Gasteiger partial charge in [0.2, 0.25) is 0 Å². The zero-order chi connectivity index (χ0) is 12.0. The zero-order valence-corrected chi connectivity index (χ0v) is 10.9. The number of nitrogens with zero attached hydrogens (tertiary/aromatic N) is 1. The fraction of sp³-hybridized carbons (Fsp3) is 0.357. The Kier molecular flexibility index (Phi) is 5.27. The number of hydrogen-bond acceptors (Lipinski definition) is 1. The normalized spacial score (nSPS) is 16.4. The molecule has 1 nitrogen and oxygen atoms in total. The molecular formula is C14H18ClN. The van der Waals surface area contributed by atoms with E-state index in [0.717, 1.165) is 24.1 Å². The van der Waals surface area contributed by atoms with Gasteiger partial charge in [0.25, 0.3) is 0 Å². The van der Waals surface area contributed by atoms with Crippen LogP contribution in [-0.4, -0.2) is 5.17 Å². The van der Waals surface area contributed by atoms with Crippen LogP contribution < -0.4 is 0 Å². The van der Waals surface area contributed by atoms with Gasteiger partial charge in [-0.2, -0.15) is 0 Å². The van der Waals surface area contributed by atoms with Gasteiger partial charge in [-0.3, -0.25) is 0 Å². The molecule has 0 unspecified atom stereocenters. The lowest BCUT2D eigenvalue weighted by atomic mass is 10.1. The first kappa shape index (κ1) is 13.0. The van der Waals surface area contributed by atoms with Gasteiger partial charge in [-0.15, -0.1) is 0 Å². The maximum absolute atomic E-state index is 6.03. The molecule has 0 aromatic carbocycles. The standard InChI is InChI=1S/C14H18ClN/c1-4-12-7-5-6-8-13(10-12)16-14(15)9-11(2)3/h6-10H,4-5H2,1-3H3/b16-14+. The van der Waals surface area contributed by atoms with Crippen LogP contribution in [0.5, 0.6) is 0 Å². The second-order valence-corrected chi connectivity index (χ2v) is 4.38. The molecule has 0 saturated heterocycles. The van der Waals surface area contributed by atoms with Crippen molar-refractivity contribution in [1.82, 2.24) is 0 Å². The Morgan fingerprint density at radius 3 is 2.88 bits per heavy atom. The van der Waals surface area contributed by atoms with Crippen LogP contribution in [0.1, 0.15) is 33.6 Å². The van der Waals surface area contributed by atoms with Gasteiger partial charge >= 0.3 is 0 Å². The Morgan fingerprint density at radius 2 is 2.25 bits per heavy atom. The summed E-state index contributed by atoms with van der Waals surface area (Å²) in [6.45, 7) is 6.16. The van der Waals surface area contributed by atoms with Crippen LogP contribution in [0, 0.1) is 0 Å². The number of allylic oxidation sites excluding steroid dienone is 7. The van der Waals surface area contributed by atoms with Crippen molar-refractivity contribution in [3.05, 3.63) is 47.2 Å². The third kappa shape index (κ3) is 4.63. The molecule has 0 atom stereocenters. The summed E-state index contributed by atoms with van der Waals surface area (Å²) >= 11 is 6.03. The summed E-state index contributed by atoms with van der Waals surface area (Å²) in [6.07, 6.45) is 12.3. The molecule has 0 aromatic heterocycles. The molecule has 0 saturated carbocycles. The quantitative estimate of drug-likeness (QED) is 0.625. The molecule has 86 valence electrons. The summed E-state index contributed by atoms with van der Waals surface area (Å²) < 4.78 is 0. The Balaban J connectivity index is 2.91. The van der Waals surface area contributed by atoms with E-state index in [1.807, 2.05) is 26.0 Å². The van der Waals surface area contributed by atoms with Crippen LogP contribution in [0.4, 0.5) is 0 Å². The number of aliphatic imine (C=N–C) groups is 1. The molecule has 0 radical (unpaired) electrons. The Hall–Kier alpha value is -1.08. The summed E-state index contributed by atoms with van der Waals surface area (Å²) in [7, 11) is 0. The fourth-order valence-corrected chi connectivity index (χ4v) is 1.73. The molecule has 1 rings (SSSR count).